The van der Waals surface area contributed by atoms with E-state index in [1.54, 1.807) is 10.9 Å². The molecule has 1 fully saturated rings. The predicted molar refractivity (Wildman–Crippen MR) is 158 cm³/mol. The largest absolute Gasteiger partial charge is 0.494 e. The maximum atomic E-state index is 14.8. The van der Waals surface area contributed by atoms with Gasteiger partial charge in [-0.15, -0.1) is 0 Å². The number of fused-ring (bicyclic) bond motifs is 2. The van der Waals surface area contributed by atoms with Gasteiger partial charge in [-0.05, 0) is 62.6 Å². The summed E-state index contributed by atoms with van der Waals surface area (Å²) in [6, 6.07) is 7.24. The fourth-order valence-corrected chi connectivity index (χ4v) is 5.71. The van der Waals surface area contributed by atoms with Gasteiger partial charge in [0.15, 0.2) is 0 Å². The molecule has 0 saturated heterocycles. The number of hydrogen-bond donors (Lipinski definition) is 3. The van der Waals surface area contributed by atoms with E-state index in [0.717, 1.165) is 37.5 Å². The molecule has 0 radical (unpaired) electrons. The summed E-state index contributed by atoms with van der Waals surface area (Å²) in [5.41, 5.74) is -0.510. The van der Waals surface area contributed by atoms with Crippen molar-refractivity contribution in [3.8, 4) is 22.8 Å². The number of hydrogen-bond acceptors (Lipinski definition) is 7. The van der Waals surface area contributed by atoms with Gasteiger partial charge in [0.1, 0.15) is 40.5 Å². The van der Waals surface area contributed by atoms with Gasteiger partial charge in [-0.1, -0.05) is 11.6 Å². The van der Waals surface area contributed by atoms with Crippen molar-refractivity contribution in [3.63, 3.8) is 0 Å². The first-order valence-corrected chi connectivity index (χ1v) is 14.6. The molecule has 6 rings (SSSR count). The lowest BCUT2D eigenvalue weighted by Crippen LogP contribution is -2.51. The van der Waals surface area contributed by atoms with Gasteiger partial charge >= 0.3 is 6.18 Å². The molecule has 3 heterocycles. The average molecular weight is 662 g/mol. The molecule has 1 unspecified atom stereocenters. The normalized spacial score (nSPS) is 19.2. The van der Waals surface area contributed by atoms with Crippen LogP contribution >= 0.6 is 11.6 Å². The van der Waals surface area contributed by atoms with Crippen molar-refractivity contribution in [1.29, 1.82) is 0 Å². The van der Waals surface area contributed by atoms with Crippen LogP contribution in [0.4, 0.5) is 17.6 Å². The molecule has 0 spiro atoms. The molecule has 1 aliphatic heterocycles. The Kier molecular flexibility index (Phi) is 7.63. The molecule has 2 aliphatic rings. The highest BCUT2D eigenvalue weighted by Crippen LogP contribution is 2.48. The molecule has 10 nitrogen and oxygen atoms in total. The number of halogens is 5. The van der Waals surface area contributed by atoms with Crippen LogP contribution in [0, 0.1) is 5.82 Å². The van der Waals surface area contributed by atoms with Crippen LogP contribution in [-0.2, 0) is 15.8 Å². The van der Waals surface area contributed by atoms with Gasteiger partial charge in [0.05, 0.1) is 30.4 Å². The minimum atomic E-state index is -5.38. The van der Waals surface area contributed by atoms with Crippen LogP contribution in [0.5, 0.6) is 11.5 Å². The second kappa shape index (κ2) is 11.1. The van der Waals surface area contributed by atoms with Crippen LogP contribution in [0.2, 0.25) is 5.02 Å². The Morgan fingerprint density at radius 3 is 2.59 bits per heavy atom. The number of nitrogens with zero attached hydrogens (tertiary/aromatic N) is 3. The molecular weight excluding hydrogens is 634 g/mol. The van der Waals surface area contributed by atoms with E-state index in [-0.39, 0.29) is 51.6 Å². The quantitative estimate of drug-likeness (QED) is 0.227. The molecule has 46 heavy (non-hydrogen) atoms. The Hall–Kier alpha value is -4.43. The number of benzene rings is 2. The first-order valence-electron chi connectivity index (χ1n) is 14.2. The van der Waals surface area contributed by atoms with Crippen molar-refractivity contribution in [2.24, 2.45) is 5.73 Å². The summed E-state index contributed by atoms with van der Waals surface area (Å²) >= 11 is 5.94. The summed E-state index contributed by atoms with van der Waals surface area (Å²) in [7, 11) is 1.39. The number of nitrogens with one attached hydrogen (secondary N) is 1. The number of pyridine rings is 1. The van der Waals surface area contributed by atoms with E-state index in [1.807, 2.05) is 0 Å². The number of alkyl halides is 3. The number of aliphatic hydroxyl groups is 1. The maximum absolute atomic E-state index is 14.8. The van der Waals surface area contributed by atoms with Gasteiger partial charge < -0.3 is 25.6 Å². The third-order valence-corrected chi connectivity index (χ3v) is 9.02. The van der Waals surface area contributed by atoms with Gasteiger partial charge in [-0.3, -0.25) is 14.3 Å². The van der Waals surface area contributed by atoms with Crippen LogP contribution < -0.4 is 20.5 Å². The second-order valence-electron chi connectivity index (χ2n) is 11.7. The minimum absolute atomic E-state index is 0.0275. The van der Waals surface area contributed by atoms with Crippen molar-refractivity contribution < 1.29 is 41.7 Å². The van der Waals surface area contributed by atoms with Crippen molar-refractivity contribution in [2.45, 2.75) is 49.4 Å². The number of carbonyl (C=O) groups excluding carboxylic acids is 2. The van der Waals surface area contributed by atoms with Gasteiger partial charge in [0.25, 0.3) is 5.91 Å². The molecule has 0 bridgehead atoms. The Labute approximate surface area is 264 Å². The van der Waals surface area contributed by atoms with E-state index in [0.29, 0.717) is 10.9 Å². The number of ether oxygens (including phenoxy) is 2. The fraction of sp³-hybridized carbons (Fsp3) is 0.355. The van der Waals surface area contributed by atoms with E-state index in [2.05, 4.69) is 15.4 Å². The SMILES string of the molecule is COc1cc(C(=O)NCC(O)(c2cc3c(c(-c4ccc(F)c(Cl)c4)n2)OC[C@]3(C)C(N)=O)C(F)(F)F)cc2cn(C3CCC3)nc12. The van der Waals surface area contributed by atoms with Gasteiger partial charge in [-0.25, -0.2) is 9.37 Å². The van der Waals surface area contributed by atoms with E-state index in [1.165, 1.54) is 32.2 Å². The van der Waals surface area contributed by atoms with E-state index < -0.39 is 47.1 Å². The smallest absolute Gasteiger partial charge is 0.424 e. The molecule has 1 saturated carbocycles. The van der Waals surface area contributed by atoms with E-state index in [4.69, 9.17) is 26.8 Å². The molecule has 2 atom stereocenters. The standard InChI is InChI=1S/C31H28ClF4N5O5/c1-29(28(37)43)14-46-26-19(29)11-23(39-25(26)15-6-7-21(33)20(32)9-15)30(44,31(34,35)36)13-38-27(42)16-8-17-12-41(18-4-3-5-18)40-24(17)22(10-16)45-2/h6-12,18,44H,3-5,13-14H2,1-2H3,(H2,37,43)(H,38,42)/t29-,30?/m0/s1. The number of amides is 2. The van der Waals surface area contributed by atoms with Crippen molar-refractivity contribution >= 4 is 34.3 Å². The highest BCUT2D eigenvalue weighted by molar-refractivity contribution is 6.31. The third-order valence-electron chi connectivity index (χ3n) is 8.73. The number of nitrogens with two attached hydrogens (primary N) is 1. The number of methoxy groups -OCH3 is 1. The molecule has 2 aromatic heterocycles. The van der Waals surface area contributed by atoms with Crippen LogP contribution in [-0.4, -0.2) is 58.1 Å². The molecular formula is C31H28ClF4N5O5. The monoisotopic (exact) mass is 661 g/mol. The number of primary amides is 1. The minimum Gasteiger partial charge on any atom is -0.494 e. The lowest BCUT2D eigenvalue weighted by molar-refractivity contribution is -0.265. The Bertz CT molecular complexity index is 1900. The van der Waals surface area contributed by atoms with Crippen LogP contribution in [0.3, 0.4) is 0 Å². The topological polar surface area (TPSA) is 142 Å². The zero-order chi connectivity index (χ0) is 33.2. The van der Waals surface area contributed by atoms with Crippen LogP contribution in [0.15, 0.2) is 42.6 Å². The Morgan fingerprint density at radius 1 is 1.24 bits per heavy atom. The highest BCUT2D eigenvalue weighted by atomic mass is 35.5. The summed E-state index contributed by atoms with van der Waals surface area (Å²) in [4.78, 5) is 29.8. The molecule has 242 valence electrons. The van der Waals surface area contributed by atoms with Crippen LogP contribution in [0.25, 0.3) is 22.2 Å². The zero-order valence-electron chi connectivity index (χ0n) is 24.5. The molecule has 15 heteroatoms. The summed E-state index contributed by atoms with van der Waals surface area (Å²) in [5.74, 6) is -2.46. The van der Waals surface area contributed by atoms with Gasteiger partial charge in [0, 0.05) is 28.3 Å². The van der Waals surface area contributed by atoms with Crippen molar-refractivity contribution in [3.05, 3.63) is 70.3 Å². The Balaban J connectivity index is 1.40. The third kappa shape index (κ3) is 5.09. The number of aromatic nitrogens is 3. The lowest BCUT2D eigenvalue weighted by Gasteiger charge is -2.31. The van der Waals surface area contributed by atoms with E-state index in [9.17, 15) is 32.3 Å². The first kappa shape index (κ1) is 31.5. The second-order valence-corrected chi connectivity index (χ2v) is 12.1. The van der Waals surface area contributed by atoms with E-state index >= 15 is 0 Å². The predicted octanol–water partition coefficient (Wildman–Crippen LogP) is 4.94. The first-order chi connectivity index (χ1) is 21.7. The summed E-state index contributed by atoms with van der Waals surface area (Å²) in [5, 5.41) is 18.2. The highest BCUT2D eigenvalue weighted by Gasteiger charge is 2.57. The maximum Gasteiger partial charge on any atom is 0.424 e. The molecule has 4 aromatic rings. The lowest BCUT2D eigenvalue weighted by atomic mass is 9.81. The molecule has 2 aromatic carbocycles. The van der Waals surface area contributed by atoms with Gasteiger partial charge in [-0.2, -0.15) is 18.3 Å². The molecule has 4 N–H and O–H groups in total. The van der Waals surface area contributed by atoms with Crippen LogP contribution in [0.1, 0.15) is 53.8 Å². The van der Waals surface area contributed by atoms with Crippen molar-refractivity contribution in [1.82, 2.24) is 20.1 Å². The summed E-state index contributed by atoms with van der Waals surface area (Å²) in [6.07, 6.45) is -0.651. The average Bonchev–Trinajstić information content (AvgIpc) is 3.56. The zero-order valence-corrected chi connectivity index (χ0v) is 25.3. The summed E-state index contributed by atoms with van der Waals surface area (Å²) in [6.45, 7) is -0.314. The summed E-state index contributed by atoms with van der Waals surface area (Å²) < 4.78 is 71.2. The number of carbonyl (C=O) groups is 2. The fourth-order valence-electron chi connectivity index (χ4n) is 5.53. The Morgan fingerprint density at radius 2 is 1.98 bits per heavy atom. The van der Waals surface area contributed by atoms with Gasteiger partial charge in [0.2, 0.25) is 11.5 Å². The number of rotatable bonds is 8. The molecule has 1 aliphatic carbocycles. The van der Waals surface area contributed by atoms with Crippen molar-refractivity contribution in [2.75, 3.05) is 20.3 Å². The molecule has 2 amide bonds.